The summed E-state index contributed by atoms with van der Waals surface area (Å²) < 4.78 is 11.1. The van der Waals surface area contributed by atoms with E-state index >= 15 is 0 Å². The molecule has 1 heterocycles. The van der Waals surface area contributed by atoms with Gasteiger partial charge in [-0.1, -0.05) is 12.1 Å². The van der Waals surface area contributed by atoms with Crippen molar-refractivity contribution in [3.8, 4) is 5.75 Å². The predicted octanol–water partition coefficient (Wildman–Crippen LogP) is 1.40. The number of oxime groups is 1. The lowest BCUT2D eigenvalue weighted by molar-refractivity contribution is -0.0326. The molecule has 0 amide bonds. The van der Waals surface area contributed by atoms with Crippen LogP contribution in [0.4, 0.5) is 0 Å². The Morgan fingerprint density at radius 2 is 2.38 bits per heavy atom. The molecule has 0 radical (unpaired) electrons. The van der Waals surface area contributed by atoms with Crippen molar-refractivity contribution in [2.75, 3.05) is 26.8 Å². The van der Waals surface area contributed by atoms with Crippen LogP contribution in [-0.4, -0.2) is 48.9 Å². The zero-order valence-electron chi connectivity index (χ0n) is 12.6. The highest BCUT2D eigenvalue weighted by molar-refractivity contribution is 5.97. The van der Waals surface area contributed by atoms with Crippen LogP contribution in [-0.2, 0) is 11.3 Å². The Bertz CT molecular complexity index is 505. The van der Waals surface area contributed by atoms with E-state index in [1.807, 2.05) is 12.1 Å². The summed E-state index contributed by atoms with van der Waals surface area (Å²) in [4.78, 5) is 2.34. The van der Waals surface area contributed by atoms with Gasteiger partial charge in [0.05, 0.1) is 19.8 Å². The number of hydrogen-bond donors (Lipinski definition) is 2. The number of methoxy groups -OCH3 is 1. The van der Waals surface area contributed by atoms with Gasteiger partial charge in [0, 0.05) is 30.8 Å². The number of rotatable bonds is 5. The molecule has 2 rings (SSSR count). The van der Waals surface area contributed by atoms with E-state index in [9.17, 15) is 0 Å². The number of amidine groups is 1. The van der Waals surface area contributed by atoms with E-state index in [4.69, 9.17) is 20.4 Å². The number of morpholine rings is 1. The summed E-state index contributed by atoms with van der Waals surface area (Å²) in [5, 5.41) is 11.8. The van der Waals surface area contributed by atoms with Crippen LogP contribution >= 0.6 is 0 Å². The molecule has 1 aliphatic heterocycles. The van der Waals surface area contributed by atoms with Gasteiger partial charge >= 0.3 is 0 Å². The maximum Gasteiger partial charge on any atom is 0.170 e. The molecular weight excluding hydrogens is 270 g/mol. The van der Waals surface area contributed by atoms with Crippen molar-refractivity contribution in [1.29, 1.82) is 0 Å². The molecule has 0 aromatic heterocycles. The number of ether oxygens (including phenoxy) is 2. The maximum absolute atomic E-state index is 8.80. The topological polar surface area (TPSA) is 80.3 Å². The standard InChI is InChI=1S/C15H23N3O3/c1-3-13-10-18(6-7-21-13)9-12-8-11(15(16)17-19)4-5-14(12)20-2/h4-5,8,13,19H,3,6-7,9-10H2,1-2H3,(H2,16,17). The molecule has 3 N–H and O–H groups in total. The molecule has 6 nitrogen and oxygen atoms in total. The van der Waals surface area contributed by atoms with Crippen molar-refractivity contribution >= 4 is 5.84 Å². The third kappa shape index (κ3) is 3.86. The lowest BCUT2D eigenvalue weighted by Gasteiger charge is -2.32. The average Bonchev–Trinajstić information content (AvgIpc) is 2.54. The second kappa shape index (κ2) is 7.28. The zero-order chi connectivity index (χ0) is 15.2. The molecule has 0 spiro atoms. The summed E-state index contributed by atoms with van der Waals surface area (Å²) in [6.07, 6.45) is 1.30. The predicted molar refractivity (Wildman–Crippen MR) is 80.8 cm³/mol. The van der Waals surface area contributed by atoms with Gasteiger partial charge in [-0.2, -0.15) is 0 Å². The molecule has 1 atom stereocenters. The summed E-state index contributed by atoms with van der Waals surface area (Å²) in [5.74, 6) is 0.913. The number of nitrogens with zero attached hydrogens (tertiary/aromatic N) is 2. The van der Waals surface area contributed by atoms with Crippen LogP contribution in [0, 0.1) is 0 Å². The Morgan fingerprint density at radius 3 is 3.05 bits per heavy atom. The molecular formula is C15H23N3O3. The summed E-state index contributed by atoms with van der Waals surface area (Å²) in [6.45, 7) is 5.45. The van der Waals surface area contributed by atoms with E-state index in [0.717, 1.165) is 44.0 Å². The van der Waals surface area contributed by atoms with E-state index in [2.05, 4.69) is 17.0 Å². The minimum absolute atomic E-state index is 0.104. The Morgan fingerprint density at radius 1 is 1.57 bits per heavy atom. The van der Waals surface area contributed by atoms with E-state index in [1.165, 1.54) is 0 Å². The molecule has 116 valence electrons. The first-order valence-corrected chi connectivity index (χ1v) is 7.16. The minimum atomic E-state index is 0.104. The number of nitrogens with two attached hydrogens (primary N) is 1. The lowest BCUT2D eigenvalue weighted by Crippen LogP contribution is -2.41. The first-order chi connectivity index (χ1) is 10.2. The maximum atomic E-state index is 8.80. The molecule has 0 bridgehead atoms. The monoisotopic (exact) mass is 293 g/mol. The van der Waals surface area contributed by atoms with E-state index < -0.39 is 0 Å². The average molecular weight is 293 g/mol. The highest BCUT2D eigenvalue weighted by Gasteiger charge is 2.20. The normalized spacial score (nSPS) is 20.5. The van der Waals surface area contributed by atoms with Gasteiger partial charge in [-0.3, -0.25) is 4.90 Å². The van der Waals surface area contributed by atoms with Gasteiger partial charge < -0.3 is 20.4 Å². The van der Waals surface area contributed by atoms with Crippen molar-refractivity contribution in [2.45, 2.75) is 26.0 Å². The van der Waals surface area contributed by atoms with Gasteiger partial charge in [-0.05, 0) is 24.6 Å². The molecule has 1 unspecified atom stereocenters. The summed E-state index contributed by atoms with van der Waals surface area (Å²) in [7, 11) is 1.65. The van der Waals surface area contributed by atoms with Crippen LogP contribution in [0.5, 0.6) is 5.75 Å². The quantitative estimate of drug-likeness (QED) is 0.371. The lowest BCUT2D eigenvalue weighted by atomic mass is 10.1. The van der Waals surface area contributed by atoms with Crippen molar-refractivity contribution in [2.24, 2.45) is 10.9 Å². The summed E-state index contributed by atoms with van der Waals surface area (Å²) in [6, 6.07) is 5.54. The summed E-state index contributed by atoms with van der Waals surface area (Å²) >= 11 is 0. The van der Waals surface area contributed by atoms with Crippen molar-refractivity contribution in [1.82, 2.24) is 4.90 Å². The van der Waals surface area contributed by atoms with Crippen LogP contribution in [0.1, 0.15) is 24.5 Å². The van der Waals surface area contributed by atoms with Gasteiger partial charge in [0.1, 0.15) is 5.75 Å². The van der Waals surface area contributed by atoms with Gasteiger partial charge in [-0.15, -0.1) is 0 Å². The second-order valence-corrected chi connectivity index (χ2v) is 5.15. The smallest absolute Gasteiger partial charge is 0.170 e. The molecule has 6 heteroatoms. The fourth-order valence-electron chi connectivity index (χ4n) is 2.53. The van der Waals surface area contributed by atoms with Crippen LogP contribution in [0.3, 0.4) is 0 Å². The van der Waals surface area contributed by atoms with E-state index in [1.54, 1.807) is 13.2 Å². The second-order valence-electron chi connectivity index (χ2n) is 5.15. The molecule has 1 fully saturated rings. The third-order valence-electron chi connectivity index (χ3n) is 3.76. The Kier molecular flexibility index (Phi) is 5.41. The fraction of sp³-hybridized carbons (Fsp3) is 0.533. The van der Waals surface area contributed by atoms with Crippen molar-refractivity contribution in [3.05, 3.63) is 29.3 Å². The van der Waals surface area contributed by atoms with Crippen molar-refractivity contribution < 1.29 is 14.7 Å². The minimum Gasteiger partial charge on any atom is -0.496 e. The van der Waals surface area contributed by atoms with E-state index in [0.29, 0.717) is 5.56 Å². The molecule has 21 heavy (non-hydrogen) atoms. The van der Waals surface area contributed by atoms with Crippen LogP contribution in [0.2, 0.25) is 0 Å². The number of hydrogen-bond acceptors (Lipinski definition) is 5. The third-order valence-corrected chi connectivity index (χ3v) is 3.76. The van der Waals surface area contributed by atoms with Crippen LogP contribution in [0.15, 0.2) is 23.4 Å². The van der Waals surface area contributed by atoms with Gasteiger partial charge in [0.25, 0.3) is 0 Å². The molecule has 1 saturated heterocycles. The first kappa shape index (κ1) is 15.6. The fourth-order valence-corrected chi connectivity index (χ4v) is 2.53. The molecule has 1 aromatic rings. The Balaban J connectivity index is 2.17. The molecule has 0 aliphatic carbocycles. The largest absolute Gasteiger partial charge is 0.496 e. The van der Waals surface area contributed by atoms with E-state index in [-0.39, 0.29) is 11.9 Å². The first-order valence-electron chi connectivity index (χ1n) is 7.16. The molecule has 0 saturated carbocycles. The molecule has 1 aliphatic rings. The number of benzene rings is 1. The summed E-state index contributed by atoms with van der Waals surface area (Å²) in [5.41, 5.74) is 7.37. The van der Waals surface area contributed by atoms with Gasteiger partial charge in [0.2, 0.25) is 0 Å². The van der Waals surface area contributed by atoms with Crippen LogP contribution < -0.4 is 10.5 Å². The van der Waals surface area contributed by atoms with Crippen LogP contribution in [0.25, 0.3) is 0 Å². The highest BCUT2D eigenvalue weighted by atomic mass is 16.5. The SMILES string of the molecule is CCC1CN(Cc2cc(/C(N)=N/O)ccc2OC)CCO1. The van der Waals surface area contributed by atoms with Gasteiger partial charge in [0.15, 0.2) is 5.84 Å². The zero-order valence-corrected chi connectivity index (χ0v) is 12.6. The molecule has 1 aromatic carbocycles. The Hall–Kier alpha value is -1.79. The highest BCUT2D eigenvalue weighted by Crippen LogP contribution is 2.23. The Labute approximate surface area is 125 Å². The van der Waals surface area contributed by atoms with Gasteiger partial charge in [-0.25, -0.2) is 0 Å². The van der Waals surface area contributed by atoms with Crippen molar-refractivity contribution in [3.63, 3.8) is 0 Å².